The first kappa shape index (κ1) is 23.9. The Balaban J connectivity index is 1.18. The van der Waals surface area contributed by atoms with Crippen LogP contribution in [0.15, 0.2) is 47.9 Å². The molecule has 0 bridgehead atoms. The maximum absolute atomic E-state index is 5.45. The molecule has 2 aromatic heterocycles. The van der Waals surface area contributed by atoms with Crippen molar-refractivity contribution in [3.8, 4) is 10.6 Å². The second kappa shape index (κ2) is 11.7. The molecule has 2 aliphatic heterocycles. The fourth-order valence-electron chi connectivity index (χ4n) is 4.75. The molecular formula is C26H33N5OS2. The molecule has 1 aromatic carbocycles. The zero-order valence-electron chi connectivity index (χ0n) is 19.9. The minimum Gasteiger partial charge on any atom is -0.379 e. The molecule has 0 amide bonds. The number of hydrogen-bond donors (Lipinski definition) is 0. The van der Waals surface area contributed by atoms with Crippen molar-refractivity contribution in [3.05, 3.63) is 58.9 Å². The molecule has 4 heterocycles. The number of piperidine rings is 1. The number of thioether (sulfide) groups is 1. The Hall–Kier alpha value is -1.84. The van der Waals surface area contributed by atoms with Crippen LogP contribution < -0.4 is 0 Å². The molecule has 2 saturated heterocycles. The van der Waals surface area contributed by atoms with E-state index in [0.29, 0.717) is 5.92 Å². The van der Waals surface area contributed by atoms with Crippen molar-refractivity contribution in [1.82, 2.24) is 24.8 Å². The summed E-state index contributed by atoms with van der Waals surface area (Å²) in [6.07, 6.45) is 6.48. The number of morpholine rings is 1. The van der Waals surface area contributed by atoms with Crippen LogP contribution in [0.25, 0.3) is 10.6 Å². The monoisotopic (exact) mass is 495 g/mol. The third-order valence-corrected chi connectivity index (χ3v) is 8.45. The van der Waals surface area contributed by atoms with Gasteiger partial charge in [0.05, 0.1) is 18.9 Å². The van der Waals surface area contributed by atoms with Crippen molar-refractivity contribution < 1.29 is 4.74 Å². The van der Waals surface area contributed by atoms with E-state index in [4.69, 9.17) is 9.72 Å². The van der Waals surface area contributed by atoms with Crippen LogP contribution in [0.1, 0.15) is 34.9 Å². The zero-order valence-corrected chi connectivity index (χ0v) is 21.5. The average Bonchev–Trinajstić information content (AvgIpc) is 3.35. The van der Waals surface area contributed by atoms with E-state index in [0.717, 1.165) is 68.4 Å². The first-order valence-electron chi connectivity index (χ1n) is 12.2. The molecule has 1 atom stereocenters. The first-order chi connectivity index (χ1) is 16.7. The third-order valence-electron chi connectivity index (χ3n) is 6.58. The SMILES string of the molecule is Cc1cnc(SCCN2CCOCC2)nc1C1CCCN(Cc2cnc(-c3ccccc3)s2)C1. The lowest BCUT2D eigenvalue weighted by Gasteiger charge is -2.32. The van der Waals surface area contributed by atoms with Crippen LogP contribution >= 0.6 is 23.1 Å². The smallest absolute Gasteiger partial charge is 0.187 e. The lowest BCUT2D eigenvalue weighted by Crippen LogP contribution is -2.37. The Bertz CT molecular complexity index is 1050. The maximum atomic E-state index is 5.45. The molecule has 1 unspecified atom stereocenters. The van der Waals surface area contributed by atoms with Crippen LogP contribution in [0.4, 0.5) is 0 Å². The summed E-state index contributed by atoms with van der Waals surface area (Å²) in [5.41, 5.74) is 3.65. The number of hydrogen-bond acceptors (Lipinski definition) is 8. The van der Waals surface area contributed by atoms with E-state index < -0.39 is 0 Å². The summed E-state index contributed by atoms with van der Waals surface area (Å²) in [5, 5.41) is 2.02. The topological polar surface area (TPSA) is 54.4 Å². The number of thiazole rings is 1. The average molecular weight is 496 g/mol. The number of benzene rings is 1. The van der Waals surface area contributed by atoms with Crippen LogP contribution in [0, 0.1) is 6.92 Å². The Labute approximate surface area is 210 Å². The molecule has 0 N–H and O–H groups in total. The molecule has 2 fully saturated rings. The van der Waals surface area contributed by atoms with Crippen LogP contribution in [0.5, 0.6) is 0 Å². The van der Waals surface area contributed by atoms with E-state index in [2.05, 4.69) is 63.2 Å². The lowest BCUT2D eigenvalue weighted by molar-refractivity contribution is 0.0410. The fourth-order valence-corrected chi connectivity index (χ4v) is 6.53. The van der Waals surface area contributed by atoms with Crippen LogP contribution in [-0.4, -0.2) is 76.4 Å². The second-order valence-electron chi connectivity index (χ2n) is 9.10. The van der Waals surface area contributed by atoms with Gasteiger partial charge in [0.2, 0.25) is 0 Å². The summed E-state index contributed by atoms with van der Waals surface area (Å²) in [6.45, 7) is 10.1. The molecule has 0 spiro atoms. The summed E-state index contributed by atoms with van der Waals surface area (Å²) in [6, 6.07) is 10.5. The summed E-state index contributed by atoms with van der Waals surface area (Å²) >= 11 is 3.59. The second-order valence-corrected chi connectivity index (χ2v) is 11.3. The van der Waals surface area contributed by atoms with Gasteiger partial charge in [0.25, 0.3) is 0 Å². The Kier molecular flexibility index (Phi) is 8.24. The predicted molar refractivity (Wildman–Crippen MR) is 140 cm³/mol. The molecule has 34 heavy (non-hydrogen) atoms. The highest BCUT2D eigenvalue weighted by molar-refractivity contribution is 7.99. The zero-order chi connectivity index (χ0) is 23.2. The van der Waals surface area contributed by atoms with Crippen molar-refractivity contribution in [2.45, 2.75) is 37.4 Å². The highest BCUT2D eigenvalue weighted by Gasteiger charge is 2.25. The summed E-state index contributed by atoms with van der Waals surface area (Å²) < 4.78 is 5.45. The van der Waals surface area contributed by atoms with Gasteiger partial charge in [-0.1, -0.05) is 42.1 Å². The van der Waals surface area contributed by atoms with Crippen LogP contribution in [-0.2, 0) is 11.3 Å². The minimum atomic E-state index is 0.469. The molecule has 180 valence electrons. The van der Waals surface area contributed by atoms with E-state index in [1.807, 2.05) is 17.5 Å². The highest BCUT2D eigenvalue weighted by atomic mass is 32.2. The van der Waals surface area contributed by atoms with Gasteiger partial charge in [-0.15, -0.1) is 11.3 Å². The van der Waals surface area contributed by atoms with Crippen molar-refractivity contribution in [2.24, 2.45) is 0 Å². The van der Waals surface area contributed by atoms with E-state index >= 15 is 0 Å². The molecular weight excluding hydrogens is 462 g/mol. The quantitative estimate of drug-likeness (QED) is 0.331. The molecule has 0 saturated carbocycles. The van der Waals surface area contributed by atoms with E-state index in [-0.39, 0.29) is 0 Å². The van der Waals surface area contributed by atoms with Crippen LogP contribution in [0.3, 0.4) is 0 Å². The van der Waals surface area contributed by atoms with E-state index in [1.165, 1.54) is 34.5 Å². The summed E-state index contributed by atoms with van der Waals surface area (Å²) in [7, 11) is 0. The molecule has 6 nitrogen and oxygen atoms in total. The molecule has 2 aliphatic rings. The number of nitrogens with zero attached hydrogens (tertiary/aromatic N) is 5. The lowest BCUT2D eigenvalue weighted by atomic mass is 9.92. The molecule has 3 aromatic rings. The Morgan fingerprint density at radius 2 is 1.91 bits per heavy atom. The summed E-state index contributed by atoms with van der Waals surface area (Å²) in [4.78, 5) is 20.7. The van der Waals surface area contributed by atoms with Gasteiger partial charge in [-0.2, -0.15) is 0 Å². The van der Waals surface area contributed by atoms with Gasteiger partial charge in [0.1, 0.15) is 5.01 Å². The normalized spacial score (nSPS) is 20.0. The minimum absolute atomic E-state index is 0.469. The number of aryl methyl sites for hydroxylation is 1. The van der Waals surface area contributed by atoms with Gasteiger partial charge in [-0.3, -0.25) is 9.80 Å². The largest absolute Gasteiger partial charge is 0.379 e. The van der Waals surface area contributed by atoms with Crippen molar-refractivity contribution in [1.29, 1.82) is 0 Å². The fraction of sp³-hybridized carbons (Fsp3) is 0.500. The highest BCUT2D eigenvalue weighted by Crippen LogP contribution is 2.31. The third kappa shape index (κ3) is 6.23. The molecule has 0 aliphatic carbocycles. The van der Waals surface area contributed by atoms with Crippen LogP contribution in [0.2, 0.25) is 0 Å². The van der Waals surface area contributed by atoms with E-state index in [1.54, 1.807) is 11.8 Å². The van der Waals surface area contributed by atoms with E-state index in [9.17, 15) is 0 Å². The number of ether oxygens (including phenoxy) is 1. The van der Waals surface area contributed by atoms with Crippen molar-refractivity contribution >= 4 is 23.1 Å². The van der Waals surface area contributed by atoms with Gasteiger partial charge < -0.3 is 4.74 Å². The van der Waals surface area contributed by atoms with Gasteiger partial charge >= 0.3 is 0 Å². The molecule has 8 heteroatoms. The predicted octanol–water partition coefficient (Wildman–Crippen LogP) is 4.71. The van der Waals surface area contributed by atoms with Crippen molar-refractivity contribution in [3.63, 3.8) is 0 Å². The van der Waals surface area contributed by atoms with Gasteiger partial charge in [-0.05, 0) is 31.9 Å². The molecule has 0 radical (unpaired) electrons. The van der Waals surface area contributed by atoms with Gasteiger partial charge in [0, 0.05) is 67.2 Å². The van der Waals surface area contributed by atoms with Gasteiger partial charge in [-0.25, -0.2) is 15.0 Å². The maximum Gasteiger partial charge on any atom is 0.187 e. The Morgan fingerprint density at radius 1 is 1.06 bits per heavy atom. The number of likely N-dealkylation sites (tertiary alicyclic amines) is 1. The first-order valence-corrected chi connectivity index (χ1v) is 14.0. The van der Waals surface area contributed by atoms with Gasteiger partial charge in [0.15, 0.2) is 5.16 Å². The number of rotatable bonds is 8. The standard InChI is InChI=1S/C26H33N5OS2/c1-20-16-28-26(33-15-12-30-10-13-32-14-11-30)29-24(20)22-8-5-9-31(18-22)19-23-17-27-25(34-23)21-6-3-2-4-7-21/h2-4,6-7,16-17,22H,5,8-15,18-19H2,1H3. The molecule has 5 rings (SSSR count). The summed E-state index contributed by atoms with van der Waals surface area (Å²) in [5.74, 6) is 1.49. The Morgan fingerprint density at radius 3 is 2.76 bits per heavy atom. The van der Waals surface area contributed by atoms with Crippen molar-refractivity contribution in [2.75, 3.05) is 51.7 Å². The number of aromatic nitrogens is 3.